The van der Waals surface area contributed by atoms with Gasteiger partial charge < -0.3 is 5.32 Å². The first kappa shape index (κ1) is 15.9. The van der Waals surface area contributed by atoms with E-state index in [4.69, 9.17) is 0 Å². The standard InChI is InChI=1S/C16H23FN2O2/c1-2-9-18-15-6-4-3-5-13(15)10-12-7-8-16(19(20)21)14(17)11-12/h7-8,11,13,15,18H,2-6,9-10H2,1H3. The highest BCUT2D eigenvalue weighted by Crippen LogP contribution is 2.29. The van der Waals surface area contributed by atoms with Crippen LogP contribution in [0.1, 0.15) is 44.6 Å². The number of nitro groups is 1. The summed E-state index contributed by atoms with van der Waals surface area (Å²) in [4.78, 5) is 9.97. The van der Waals surface area contributed by atoms with Gasteiger partial charge in [-0.2, -0.15) is 4.39 Å². The van der Waals surface area contributed by atoms with Crippen LogP contribution >= 0.6 is 0 Å². The molecule has 1 N–H and O–H groups in total. The molecule has 2 atom stereocenters. The molecule has 0 radical (unpaired) electrons. The van der Waals surface area contributed by atoms with Crippen molar-refractivity contribution in [2.45, 2.75) is 51.5 Å². The van der Waals surface area contributed by atoms with Crippen molar-refractivity contribution in [1.29, 1.82) is 0 Å². The minimum atomic E-state index is -0.730. The Balaban J connectivity index is 2.04. The van der Waals surface area contributed by atoms with Crippen molar-refractivity contribution in [2.75, 3.05) is 6.54 Å². The maximum atomic E-state index is 13.7. The topological polar surface area (TPSA) is 55.2 Å². The van der Waals surface area contributed by atoms with Crippen molar-refractivity contribution >= 4 is 5.69 Å². The Bertz CT molecular complexity index is 493. The zero-order chi connectivity index (χ0) is 15.2. The molecule has 116 valence electrons. The number of halogens is 1. The molecule has 1 aromatic rings. The van der Waals surface area contributed by atoms with Crippen LogP contribution in [0.5, 0.6) is 0 Å². The highest BCUT2D eigenvalue weighted by Gasteiger charge is 2.25. The van der Waals surface area contributed by atoms with E-state index in [1.165, 1.54) is 31.4 Å². The zero-order valence-electron chi connectivity index (χ0n) is 12.5. The largest absolute Gasteiger partial charge is 0.314 e. The summed E-state index contributed by atoms with van der Waals surface area (Å²) < 4.78 is 13.7. The molecule has 4 nitrogen and oxygen atoms in total. The van der Waals surface area contributed by atoms with E-state index in [0.717, 1.165) is 31.4 Å². The number of nitrogens with one attached hydrogen (secondary N) is 1. The third kappa shape index (κ3) is 4.24. The normalized spacial score (nSPS) is 22.2. The molecule has 2 unspecified atom stereocenters. The van der Waals surface area contributed by atoms with Gasteiger partial charge >= 0.3 is 5.69 Å². The quantitative estimate of drug-likeness (QED) is 0.640. The molecule has 0 spiro atoms. The van der Waals surface area contributed by atoms with Crippen LogP contribution in [0.2, 0.25) is 0 Å². The van der Waals surface area contributed by atoms with Crippen LogP contribution in [-0.2, 0) is 6.42 Å². The second-order valence-corrected chi connectivity index (χ2v) is 5.85. The van der Waals surface area contributed by atoms with Crippen molar-refractivity contribution in [3.8, 4) is 0 Å². The van der Waals surface area contributed by atoms with Gasteiger partial charge in [0.2, 0.25) is 5.82 Å². The van der Waals surface area contributed by atoms with Gasteiger partial charge in [0.15, 0.2) is 0 Å². The smallest absolute Gasteiger partial charge is 0.304 e. The van der Waals surface area contributed by atoms with Gasteiger partial charge in [-0.15, -0.1) is 0 Å². The molecule has 0 heterocycles. The Morgan fingerprint density at radius 3 is 2.81 bits per heavy atom. The summed E-state index contributed by atoms with van der Waals surface area (Å²) >= 11 is 0. The Morgan fingerprint density at radius 1 is 1.38 bits per heavy atom. The van der Waals surface area contributed by atoms with Crippen LogP contribution in [0.25, 0.3) is 0 Å². The van der Waals surface area contributed by atoms with Crippen LogP contribution in [0.15, 0.2) is 18.2 Å². The van der Waals surface area contributed by atoms with Crippen LogP contribution in [0, 0.1) is 21.8 Å². The van der Waals surface area contributed by atoms with Gasteiger partial charge in [0.1, 0.15) is 0 Å². The maximum Gasteiger partial charge on any atom is 0.304 e. The minimum absolute atomic E-state index is 0.442. The number of hydrogen-bond acceptors (Lipinski definition) is 3. The fourth-order valence-corrected chi connectivity index (χ4v) is 3.18. The molecule has 2 rings (SSSR count). The Hall–Kier alpha value is -1.49. The third-order valence-corrected chi connectivity index (χ3v) is 4.27. The lowest BCUT2D eigenvalue weighted by Crippen LogP contribution is -2.39. The van der Waals surface area contributed by atoms with Crippen LogP contribution in [-0.4, -0.2) is 17.5 Å². The predicted octanol–water partition coefficient (Wildman–Crippen LogP) is 3.83. The second kappa shape index (κ2) is 7.50. The first-order valence-corrected chi connectivity index (χ1v) is 7.78. The second-order valence-electron chi connectivity index (χ2n) is 5.85. The molecule has 21 heavy (non-hydrogen) atoms. The molecule has 0 saturated heterocycles. The molecule has 1 aliphatic rings. The maximum absolute atomic E-state index is 13.7. The summed E-state index contributed by atoms with van der Waals surface area (Å²) in [5.74, 6) is -0.238. The van der Waals surface area contributed by atoms with Crippen LogP contribution < -0.4 is 5.32 Å². The lowest BCUT2D eigenvalue weighted by atomic mass is 9.80. The average Bonchev–Trinajstić information content (AvgIpc) is 2.46. The predicted molar refractivity (Wildman–Crippen MR) is 80.8 cm³/mol. The van der Waals surface area contributed by atoms with Gasteiger partial charge in [-0.05, 0) is 49.8 Å². The molecule has 1 aromatic carbocycles. The van der Waals surface area contributed by atoms with E-state index in [1.807, 2.05) is 0 Å². The summed E-state index contributed by atoms with van der Waals surface area (Å²) in [6.45, 7) is 3.16. The number of rotatable bonds is 6. The van der Waals surface area contributed by atoms with Crippen molar-refractivity contribution < 1.29 is 9.31 Å². The summed E-state index contributed by atoms with van der Waals surface area (Å²) in [6, 6.07) is 4.77. The van der Waals surface area contributed by atoms with Crippen molar-refractivity contribution in [1.82, 2.24) is 5.32 Å². The van der Waals surface area contributed by atoms with Gasteiger partial charge in [0.05, 0.1) is 4.92 Å². The number of nitrogens with zero attached hydrogens (tertiary/aromatic N) is 1. The molecule has 0 bridgehead atoms. The molecule has 1 saturated carbocycles. The van der Waals surface area contributed by atoms with E-state index in [1.54, 1.807) is 6.07 Å². The fourth-order valence-electron chi connectivity index (χ4n) is 3.18. The first-order chi connectivity index (χ1) is 10.1. The molecule has 1 aliphatic carbocycles. The highest BCUT2D eigenvalue weighted by atomic mass is 19.1. The number of nitro benzene ring substituents is 1. The van der Waals surface area contributed by atoms with E-state index in [0.29, 0.717) is 12.0 Å². The summed E-state index contributed by atoms with van der Waals surface area (Å²) in [6.07, 6.45) is 6.66. The van der Waals surface area contributed by atoms with E-state index in [9.17, 15) is 14.5 Å². The monoisotopic (exact) mass is 294 g/mol. The fraction of sp³-hybridized carbons (Fsp3) is 0.625. The van der Waals surface area contributed by atoms with Crippen LogP contribution in [0.4, 0.5) is 10.1 Å². The summed E-state index contributed by atoms with van der Waals surface area (Å²) in [7, 11) is 0. The third-order valence-electron chi connectivity index (χ3n) is 4.27. The Morgan fingerprint density at radius 2 is 2.14 bits per heavy atom. The average molecular weight is 294 g/mol. The number of benzene rings is 1. The Labute approximate surface area is 124 Å². The van der Waals surface area contributed by atoms with E-state index in [2.05, 4.69) is 12.2 Å². The van der Waals surface area contributed by atoms with Gasteiger partial charge in [-0.3, -0.25) is 10.1 Å². The Kier molecular flexibility index (Phi) is 5.67. The first-order valence-electron chi connectivity index (χ1n) is 7.78. The van der Waals surface area contributed by atoms with E-state index in [-0.39, 0.29) is 0 Å². The lowest BCUT2D eigenvalue weighted by molar-refractivity contribution is -0.387. The molecule has 1 fully saturated rings. The van der Waals surface area contributed by atoms with Crippen molar-refractivity contribution in [2.24, 2.45) is 5.92 Å². The van der Waals surface area contributed by atoms with E-state index >= 15 is 0 Å². The van der Waals surface area contributed by atoms with E-state index < -0.39 is 16.4 Å². The van der Waals surface area contributed by atoms with Crippen molar-refractivity contribution in [3.63, 3.8) is 0 Å². The van der Waals surface area contributed by atoms with Gasteiger partial charge in [0.25, 0.3) is 0 Å². The SMILES string of the molecule is CCCNC1CCCCC1Cc1ccc([N+](=O)[O-])c(F)c1. The molecule has 5 heteroatoms. The summed E-state index contributed by atoms with van der Waals surface area (Å²) in [5, 5.41) is 14.2. The lowest BCUT2D eigenvalue weighted by Gasteiger charge is -2.32. The highest BCUT2D eigenvalue weighted by molar-refractivity contribution is 5.35. The molecule has 0 aromatic heterocycles. The van der Waals surface area contributed by atoms with Crippen molar-refractivity contribution in [3.05, 3.63) is 39.7 Å². The molecule has 0 aliphatic heterocycles. The molecular formula is C16H23FN2O2. The molecule has 0 amide bonds. The minimum Gasteiger partial charge on any atom is -0.314 e. The summed E-state index contributed by atoms with van der Waals surface area (Å²) in [5.41, 5.74) is 0.413. The molecular weight excluding hydrogens is 271 g/mol. The van der Waals surface area contributed by atoms with Crippen LogP contribution in [0.3, 0.4) is 0 Å². The zero-order valence-corrected chi connectivity index (χ0v) is 12.5. The van der Waals surface area contributed by atoms with Gasteiger partial charge in [0, 0.05) is 12.1 Å². The number of hydrogen-bond donors (Lipinski definition) is 1. The van der Waals surface area contributed by atoms with Gasteiger partial charge in [-0.1, -0.05) is 25.8 Å². The van der Waals surface area contributed by atoms with Gasteiger partial charge in [-0.25, -0.2) is 0 Å².